The highest BCUT2D eigenvalue weighted by Gasteiger charge is 2.35. The largest absolute Gasteiger partial charge is 0.494 e. The highest BCUT2D eigenvalue weighted by atomic mass is 35.5. The molecule has 12 heteroatoms. The molecule has 0 N–H and O–H groups in total. The number of nitrogens with zero attached hydrogens (tertiary/aromatic N) is 4. The molecule has 0 bridgehead atoms. The predicted octanol–water partition coefficient (Wildman–Crippen LogP) is 4.95. The number of rotatable bonds is 10. The number of benzene rings is 2. The smallest absolute Gasteiger partial charge is 0.243 e. The second kappa shape index (κ2) is 13.4. The van der Waals surface area contributed by atoms with Crippen LogP contribution in [0.2, 0.25) is 0 Å². The van der Waals surface area contributed by atoms with E-state index in [1.54, 1.807) is 12.0 Å². The van der Waals surface area contributed by atoms with Gasteiger partial charge in [-0.3, -0.25) is 9.69 Å². The Balaban J connectivity index is 0.00000420. The molecule has 8 nitrogen and oxygen atoms in total. The maximum absolute atomic E-state index is 13.9. The third kappa shape index (κ3) is 6.71. The van der Waals surface area contributed by atoms with Crippen LogP contribution in [-0.4, -0.2) is 74.9 Å². The molecule has 1 saturated heterocycles. The monoisotopic (exact) mass is 598 g/mol. The Morgan fingerprint density at radius 3 is 2.33 bits per heavy atom. The Bertz CT molecular complexity index is 1370. The fourth-order valence-electron chi connectivity index (χ4n) is 4.78. The molecule has 0 unspecified atom stereocenters. The van der Waals surface area contributed by atoms with Crippen LogP contribution >= 0.6 is 23.7 Å². The number of halogens is 2. The third-order valence-electron chi connectivity index (χ3n) is 7.20. The van der Waals surface area contributed by atoms with Gasteiger partial charge < -0.3 is 9.64 Å². The number of hydrogen-bond acceptors (Lipinski definition) is 7. The molecular weight excluding hydrogens is 563 g/mol. The summed E-state index contributed by atoms with van der Waals surface area (Å²) in [6.45, 7) is 9.63. The van der Waals surface area contributed by atoms with Crippen molar-refractivity contribution in [3.63, 3.8) is 0 Å². The van der Waals surface area contributed by atoms with Gasteiger partial charge in [-0.1, -0.05) is 31.3 Å². The van der Waals surface area contributed by atoms with E-state index in [0.717, 1.165) is 41.0 Å². The number of aryl methyl sites for hydroxylation is 1. The molecule has 1 aliphatic heterocycles. The van der Waals surface area contributed by atoms with Crippen LogP contribution in [0.5, 0.6) is 5.75 Å². The van der Waals surface area contributed by atoms with Crippen molar-refractivity contribution in [2.45, 2.75) is 38.5 Å². The van der Waals surface area contributed by atoms with Gasteiger partial charge in [-0.15, -0.1) is 12.4 Å². The molecular formula is C27H36ClFN4O4S2. The van der Waals surface area contributed by atoms with Crippen LogP contribution in [0.25, 0.3) is 10.2 Å². The van der Waals surface area contributed by atoms with Crippen molar-refractivity contribution in [2.75, 3.05) is 51.3 Å². The van der Waals surface area contributed by atoms with Crippen molar-refractivity contribution >= 4 is 55.0 Å². The van der Waals surface area contributed by atoms with Gasteiger partial charge in [0.2, 0.25) is 15.9 Å². The van der Waals surface area contributed by atoms with Gasteiger partial charge in [0.25, 0.3) is 0 Å². The zero-order valence-electron chi connectivity index (χ0n) is 22.7. The summed E-state index contributed by atoms with van der Waals surface area (Å²) in [5.74, 6) is -0.169. The Morgan fingerprint density at radius 1 is 1.10 bits per heavy atom. The number of piperidine rings is 1. The zero-order valence-corrected chi connectivity index (χ0v) is 25.2. The number of amides is 1. The summed E-state index contributed by atoms with van der Waals surface area (Å²) in [5, 5.41) is 0.631. The minimum absolute atomic E-state index is 0. The lowest BCUT2D eigenvalue weighted by atomic mass is 9.96. The highest BCUT2D eigenvalue weighted by molar-refractivity contribution is 7.89. The zero-order chi connectivity index (χ0) is 27.4. The average molecular weight is 599 g/mol. The second-order valence-corrected chi connectivity index (χ2v) is 12.3. The van der Waals surface area contributed by atoms with Crippen molar-refractivity contribution in [1.82, 2.24) is 14.2 Å². The van der Waals surface area contributed by atoms with Crippen molar-refractivity contribution in [3.8, 4) is 5.75 Å². The van der Waals surface area contributed by atoms with Gasteiger partial charge in [-0.2, -0.15) is 4.31 Å². The molecule has 1 aliphatic rings. The average Bonchev–Trinajstić information content (AvgIpc) is 3.37. The van der Waals surface area contributed by atoms with Crippen molar-refractivity contribution < 1.29 is 22.3 Å². The van der Waals surface area contributed by atoms with E-state index in [-0.39, 0.29) is 42.2 Å². The number of likely N-dealkylation sites (N-methyl/N-ethyl adjacent to an activating group) is 1. The van der Waals surface area contributed by atoms with Crippen molar-refractivity contribution in [2.24, 2.45) is 5.92 Å². The molecule has 4 rings (SSSR count). The van der Waals surface area contributed by atoms with Crippen LogP contribution in [0.3, 0.4) is 0 Å². The van der Waals surface area contributed by atoms with Gasteiger partial charge in [-0.05, 0) is 68.8 Å². The molecule has 3 aromatic rings. The maximum Gasteiger partial charge on any atom is 0.243 e. The summed E-state index contributed by atoms with van der Waals surface area (Å²) in [4.78, 5) is 22.8. The van der Waals surface area contributed by atoms with Crippen LogP contribution in [0.4, 0.5) is 9.52 Å². The maximum atomic E-state index is 13.9. The number of thiazole rings is 1. The summed E-state index contributed by atoms with van der Waals surface area (Å²) in [6, 6.07) is 8.72. The number of sulfonamides is 1. The van der Waals surface area contributed by atoms with Crippen LogP contribution in [-0.2, 0) is 14.8 Å². The fourth-order valence-corrected chi connectivity index (χ4v) is 7.33. The molecule has 39 heavy (non-hydrogen) atoms. The Kier molecular flexibility index (Phi) is 10.7. The van der Waals surface area contributed by atoms with E-state index in [1.165, 1.54) is 27.8 Å². The molecule has 214 valence electrons. The minimum Gasteiger partial charge on any atom is -0.494 e. The standard InChI is InChI=1S/C27H35FN4O4S2.ClH/c1-5-30(6-2)17-18-32(27-29-24-23(36-4)12-7-19(3)25(24)37-27)26(33)20-13-15-31(16-14-20)38(34,35)22-10-8-21(28)9-11-22;/h7-12,20H,5-6,13-18H2,1-4H3;1H. The SMILES string of the molecule is CCN(CC)CCN(C(=O)C1CCN(S(=O)(=O)c2ccc(F)cc2)CC1)c1nc2c(OC)ccc(C)c2s1.Cl. The topological polar surface area (TPSA) is 83.0 Å². The fraction of sp³-hybridized carbons (Fsp3) is 0.481. The van der Waals surface area contributed by atoms with Crippen molar-refractivity contribution in [1.29, 1.82) is 0 Å². The number of aromatic nitrogens is 1. The summed E-state index contributed by atoms with van der Waals surface area (Å²) < 4.78 is 47.3. The van der Waals surface area contributed by atoms with E-state index in [2.05, 4.69) is 18.7 Å². The van der Waals surface area contributed by atoms with E-state index in [1.807, 2.05) is 19.1 Å². The lowest BCUT2D eigenvalue weighted by Crippen LogP contribution is -2.46. The lowest BCUT2D eigenvalue weighted by Gasteiger charge is -2.33. The van der Waals surface area contributed by atoms with Crippen LogP contribution in [0, 0.1) is 18.7 Å². The molecule has 2 heterocycles. The van der Waals surface area contributed by atoms with E-state index < -0.39 is 15.8 Å². The van der Waals surface area contributed by atoms with Gasteiger partial charge in [0.1, 0.15) is 17.1 Å². The van der Waals surface area contributed by atoms with Crippen LogP contribution < -0.4 is 9.64 Å². The summed E-state index contributed by atoms with van der Waals surface area (Å²) >= 11 is 1.48. The first kappa shape index (κ1) is 31.2. The number of ether oxygens (including phenoxy) is 1. The van der Waals surface area contributed by atoms with Gasteiger partial charge in [-0.25, -0.2) is 17.8 Å². The Labute approximate surface area is 240 Å². The Hall–Kier alpha value is -2.31. The quantitative estimate of drug-likeness (QED) is 0.328. The Morgan fingerprint density at radius 2 is 1.74 bits per heavy atom. The number of carbonyl (C=O) groups is 1. The molecule has 0 radical (unpaired) electrons. The number of hydrogen-bond donors (Lipinski definition) is 0. The molecule has 1 fully saturated rings. The molecule has 2 aromatic carbocycles. The number of carbonyl (C=O) groups excluding carboxylic acids is 1. The number of methoxy groups -OCH3 is 1. The third-order valence-corrected chi connectivity index (χ3v) is 10.3. The van der Waals surface area contributed by atoms with Gasteiger partial charge in [0, 0.05) is 32.1 Å². The first-order valence-corrected chi connectivity index (χ1v) is 15.2. The van der Waals surface area contributed by atoms with Crippen molar-refractivity contribution in [3.05, 3.63) is 47.8 Å². The van der Waals surface area contributed by atoms with Gasteiger partial charge >= 0.3 is 0 Å². The first-order chi connectivity index (χ1) is 18.2. The van der Waals surface area contributed by atoms with E-state index in [4.69, 9.17) is 9.72 Å². The molecule has 0 aliphatic carbocycles. The number of anilines is 1. The molecule has 1 amide bonds. The second-order valence-electron chi connectivity index (χ2n) is 9.41. The predicted molar refractivity (Wildman–Crippen MR) is 156 cm³/mol. The van der Waals surface area contributed by atoms with Crippen LogP contribution in [0.1, 0.15) is 32.3 Å². The molecule has 0 atom stereocenters. The molecule has 1 aromatic heterocycles. The van der Waals surface area contributed by atoms with E-state index in [9.17, 15) is 17.6 Å². The highest BCUT2D eigenvalue weighted by Crippen LogP contribution is 2.37. The summed E-state index contributed by atoms with van der Waals surface area (Å²) in [6.07, 6.45) is 0.822. The van der Waals surface area contributed by atoms with Gasteiger partial charge in [0.05, 0.1) is 16.7 Å². The normalized spacial score (nSPS) is 14.9. The number of fused-ring (bicyclic) bond motifs is 1. The van der Waals surface area contributed by atoms with E-state index >= 15 is 0 Å². The first-order valence-electron chi connectivity index (χ1n) is 12.9. The van der Waals surface area contributed by atoms with Crippen LogP contribution in [0.15, 0.2) is 41.3 Å². The lowest BCUT2D eigenvalue weighted by molar-refractivity contribution is -0.123. The molecule has 0 spiro atoms. The molecule has 0 saturated carbocycles. The minimum atomic E-state index is -3.75. The van der Waals surface area contributed by atoms with Gasteiger partial charge in [0.15, 0.2) is 5.13 Å². The summed E-state index contributed by atoms with van der Waals surface area (Å²) in [5.41, 5.74) is 1.81. The van der Waals surface area contributed by atoms with E-state index in [0.29, 0.717) is 36.8 Å². The summed E-state index contributed by atoms with van der Waals surface area (Å²) in [7, 11) is -2.14.